The lowest BCUT2D eigenvalue weighted by Crippen LogP contribution is -2.62. The number of amides is 1. The van der Waals surface area contributed by atoms with Crippen molar-refractivity contribution in [2.45, 2.75) is 70.6 Å². The number of nitrogens with one attached hydrogen (secondary N) is 1. The fraction of sp³-hybridized carbons (Fsp3) is 0.682. The van der Waals surface area contributed by atoms with E-state index in [1.54, 1.807) is 12.1 Å². The van der Waals surface area contributed by atoms with Gasteiger partial charge in [-0.25, -0.2) is 13.6 Å². The average Bonchev–Trinajstić information content (AvgIpc) is 2.49. The van der Waals surface area contributed by atoms with Crippen molar-refractivity contribution in [3.63, 3.8) is 0 Å². The number of nitrogens with two attached hydrogens (primary N) is 1. The van der Waals surface area contributed by atoms with Gasteiger partial charge in [0.05, 0.1) is 10.3 Å². The van der Waals surface area contributed by atoms with E-state index in [1.807, 2.05) is 0 Å². The van der Waals surface area contributed by atoms with Crippen molar-refractivity contribution in [1.29, 1.82) is 0 Å². The molecule has 5 nitrogen and oxygen atoms in total. The third kappa shape index (κ3) is 3.50. The minimum absolute atomic E-state index is 0.114. The van der Waals surface area contributed by atoms with E-state index in [9.17, 15) is 13.2 Å². The maximum Gasteiger partial charge on any atom is 0.238 e. The summed E-state index contributed by atoms with van der Waals surface area (Å²) < 4.78 is 22.7. The van der Waals surface area contributed by atoms with Gasteiger partial charge in [0.15, 0.2) is 0 Å². The molecule has 0 saturated heterocycles. The van der Waals surface area contributed by atoms with Crippen LogP contribution in [-0.4, -0.2) is 20.9 Å². The van der Waals surface area contributed by atoms with Gasteiger partial charge in [0, 0.05) is 6.54 Å². The Labute approximate surface area is 168 Å². The molecule has 0 radical (unpaired) electrons. The number of primary sulfonamides is 1. The Morgan fingerprint density at radius 3 is 1.82 bits per heavy atom. The van der Waals surface area contributed by atoms with E-state index < -0.39 is 10.0 Å². The molecule has 4 bridgehead atoms. The molecule has 0 aliphatic heterocycles. The first kappa shape index (κ1) is 19.9. The first-order valence-electron chi connectivity index (χ1n) is 10.2. The van der Waals surface area contributed by atoms with E-state index in [0.717, 1.165) is 24.8 Å². The largest absolute Gasteiger partial charge is 0.355 e. The maximum absolute atomic E-state index is 13.3. The summed E-state index contributed by atoms with van der Waals surface area (Å²) in [5.74, 6) is 0.219. The highest BCUT2D eigenvalue weighted by molar-refractivity contribution is 7.89. The summed E-state index contributed by atoms with van der Waals surface area (Å²) in [4.78, 5) is 13.4. The molecule has 4 saturated carbocycles. The molecule has 4 aliphatic rings. The molecule has 0 atom stereocenters. The van der Waals surface area contributed by atoms with Gasteiger partial charge >= 0.3 is 0 Å². The van der Waals surface area contributed by atoms with Crippen molar-refractivity contribution >= 4 is 15.9 Å². The van der Waals surface area contributed by atoms with Crippen LogP contribution in [0.1, 0.15) is 64.9 Å². The van der Waals surface area contributed by atoms with Gasteiger partial charge in [-0.05, 0) is 78.9 Å². The smallest absolute Gasteiger partial charge is 0.238 e. The fourth-order valence-corrected chi connectivity index (χ4v) is 8.40. The van der Waals surface area contributed by atoms with Crippen molar-refractivity contribution in [2.24, 2.45) is 26.8 Å². The highest BCUT2D eigenvalue weighted by atomic mass is 32.2. The second-order valence-electron chi connectivity index (χ2n) is 11.0. The first-order valence-corrected chi connectivity index (χ1v) is 11.8. The van der Waals surface area contributed by atoms with Gasteiger partial charge in [0.2, 0.25) is 15.9 Å². The topological polar surface area (TPSA) is 89.3 Å². The van der Waals surface area contributed by atoms with E-state index in [1.165, 1.54) is 31.4 Å². The van der Waals surface area contributed by atoms with E-state index >= 15 is 0 Å². The Morgan fingerprint density at radius 2 is 1.39 bits per heavy atom. The maximum atomic E-state index is 13.3. The first-order chi connectivity index (χ1) is 12.8. The monoisotopic (exact) mass is 404 g/mol. The van der Waals surface area contributed by atoms with Gasteiger partial charge in [-0.15, -0.1) is 0 Å². The van der Waals surface area contributed by atoms with Crippen LogP contribution in [0.3, 0.4) is 0 Å². The Kier molecular flexibility index (Phi) is 4.30. The van der Waals surface area contributed by atoms with E-state index in [0.29, 0.717) is 29.2 Å². The molecule has 1 aromatic carbocycles. The van der Waals surface area contributed by atoms with Crippen LogP contribution in [0, 0.1) is 21.7 Å². The van der Waals surface area contributed by atoms with Gasteiger partial charge < -0.3 is 5.32 Å². The molecular weight excluding hydrogens is 372 g/mol. The highest BCUT2D eigenvalue weighted by Gasteiger charge is 2.66. The number of rotatable bonds is 5. The normalized spacial score (nSPS) is 39.1. The molecule has 28 heavy (non-hydrogen) atoms. The van der Waals surface area contributed by atoms with Crippen LogP contribution in [0.2, 0.25) is 0 Å². The fourth-order valence-electron chi connectivity index (χ4n) is 7.89. The second kappa shape index (κ2) is 6.05. The van der Waals surface area contributed by atoms with Crippen LogP contribution in [0.15, 0.2) is 29.2 Å². The van der Waals surface area contributed by atoms with Crippen LogP contribution in [0.5, 0.6) is 0 Å². The zero-order valence-corrected chi connectivity index (χ0v) is 18.0. The number of benzene rings is 1. The lowest BCUT2D eigenvalue weighted by atomic mass is 9.36. The van der Waals surface area contributed by atoms with Gasteiger partial charge in [0.1, 0.15) is 0 Å². The van der Waals surface area contributed by atoms with E-state index in [2.05, 4.69) is 26.1 Å². The molecular formula is C22H32N2O3S. The van der Waals surface area contributed by atoms with E-state index in [-0.39, 0.29) is 16.2 Å². The summed E-state index contributed by atoms with van der Waals surface area (Å²) >= 11 is 0. The molecule has 4 aliphatic carbocycles. The van der Waals surface area contributed by atoms with Crippen LogP contribution in [-0.2, 0) is 21.2 Å². The Hall–Kier alpha value is -1.40. The predicted octanol–water partition coefficient (Wildman–Crippen LogP) is 3.38. The highest BCUT2D eigenvalue weighted by Crippen LogP contribution is 2.73. The van der Waals surface area contributed by atoms with Crippen molar-refractivity contribution in [3.8, 4) is 0 Å². The summed E-state index contributed by atoms with van der Waals surface area (Å²) in [6.45, 7) is 7.72. The standard InChI is InChI=1S/C22H32N2O3S/c1-19-10-20(2)12-21(3,11-19)15-22(13-19,14-20)18(25)24-9-8-16-4-6-17(7-5-16)28(23,26)27/h4-7H,8-15H2,1-3H3,(H,24,25)(H2,23,26,27). The Bertz CT molecular complexity index is 853. The molecule has 5 rings (SSSR count). The van der Waals surface area contributed by atoms with Crippen molar-refractivity contribution in [2.75, 3.05) is 6.54 Å². The zero-order valence-electron chi connectivity index (χ0n) is 17.2. The molecule has 4 fully saturated rings. The summed E-state index contributed by atoms with van der Waals surface area (Å²) in [7, 11) is -3.67. The minimum Gasteiger partial charge on any atom is -0.355 e. The van der Waals surface area contributed by atoms with Crippen LogP contribution in [0.4, 0.5) is 0 Å². The summed E-state index contributed by atoms with van der Waals surface area (Å²) in [5.41, 5.74) is 1.64. The third-order valence-corrected chi connectivity index (χ3v) is 8.22. The van der Waals surface area contributed by atoms with Gasteiger partial charge in [-0.1, -0.05) is 32.9 Å². The molecule has 0 unspecified atom stereocenters. The second-order valence-corrected chi connectivity index (χ2v) is 12.5. The molecule has 0 spiro atoms. The number of carbonyl (C=O) groups excluding carboxylic acids is 1. The number of hydrogen-bond acceptors (Lipinski definition) is 3. The summed E-state index contributed by atoms with van der Waals surface area (Å²) in [5, 5.41) is 8.34. The summed E-state index contributed by atoms with van der Waals surface area (Å²) in [6, 6.07) is 6.57. The van der Waals surface area contributed by atoms with Crippen molar-refractivity contribution in [3.05, 3.63) is 29.8 Å². The molecule has 6 heteroatoms. The predicted molar refractivity (Wildman–Crippen MR) is 109 cm³/mol. The van der Waals surface area contributed by atoms with E-state index in [4.69, 9.17) is 5.14 Å². The lowest BCUT2D eigenvalue weighted by Gasteiger charge is -2.68. The Balaban J connectivity index is 1.42. The number of carbonyl (C=O) groups is 1. The van der Waals surface area contributed by atoms with Gasteiger partial charge in [-0.3, -0.25) is 4.79 Å². The molecule has 1 amide bonds. The average molecular weight is 405 g/mol. The van der Waals surface area contributed by atoms with Crippen LogP contribution < -0.4 is 10.5 Å². The number of hydrogen-bond donors (Lipinski definition) is 2. The number of sulfonamides is 1. The quantitative estimate of drug-likeness (QED) is 0.788. The summed E-state index contributed by atoms with van der Waals surface area (Å²) in [6.07, 6.45) is 7.47. The Morgan fingerprint density at radius 1 is 0.929 bits per heavy atom. The lowest BCUT2D eigenvalue weighted by molar-refractivity contribution is -0.191. The van der Waals surface area contributed by atoms with Gasteiger partial charge in [-0.2, -0.15) is 0 Å². The minimum atomic E-state index is -3.67. The molecule has 0 heterocycles. The molecule has 154 valence electrons. The van der Waals surface area contributed by atoms with Crippen LogP contribution >= 0.6 is 0 Å². The molecule has 0 aromatic heterocycles. The van der Waals surface area contributed by atoms with Crippen molar-refractivity contribution < 1.29 is 13.2 Å². The SMILES string of the molecule is CC12CC3(C)CC(C)(C1)CC(C(=O)NCCc1ccc(S(N)(=O)=O)cc1)(C2)C3. The molecule has 1 aromatic rings. The third-order valence-electron chi connectivity index (χ3n) is 7.29. The van der Waals surface area contributed by atoms with Gasteiger partial charge in [0.25, 0.3) is 0 Å². The molecule has 3 N–H and O–H groups in total. The zero-order chi connectivity index (χ0) is 20.4. The van der Waals surface area contributed by atoms with Crippen molar-refractivity contribution in [1.82, 2.24) is 5.32 Å². The van der Waals surface area contributed by atoms with Crippen LogP contribution in [0.25, 0.3) is 0 Å².